The molecule has 3 aromatic rings. The molecule has 4 heterocycles. The maximum absolute atomic E-state index is 5.97. The number of likely N-dealkylation sites (tertiary alicyclic amines) is 1. The van der Waals surface area contributed by atoms with E-state index in [1.54, 1.807) is 13.4 Å². The highest BCUT2D eigenvalue weighted by molar-refractivity contribution is 5.70. The first-order valence-corrected chi connectivity index (χ1v) is 14.1. The van der Waals surface area contributed by atoms with Crippen LogP contribution < -0.4 is 20.0 Å². The molecule has 0 saturated carbocycles. The molecular formula is C30H39N7O2. The van der Waals surface area contributed by atoms with E-state index in [2.05, 4.69) is 79.5 Å². The smallest absolute Gasteiger partial charge is 0.158 e. The van der Waals surface area contributed by atoms with Gasteiger partial charge in [-0.3, -0.25) is 9.74 Å². The number of piperazine rings is 1. The van der Waals surface area contributed by atoms with Gasteiger partial charge in [0.25, 0.3) is 0 Å². The zero-order valence-electron chi connectivity index (χ0n) is 23.0. The van der Waals surface area contributed by atoms with Crippen molar-refractivity contribution in [3.63, 3.8) is 0 Å². The van der Waals surface area contributed by atoms with Crippen molar-refractivity contribution in [1.82, 2.24) is 19.8 Å². The van der Waals surface area contributed by atoms with Gasteiger partial charge in [0.15, 0.2) is 5.82 Å². The van der Waals surface area contributed by atoms with Crippen molar-refractivity contribution in [2.45, 2.75) is 31.3 Å². The molecule has 1 unspecified atom stereocenters. The quantitative estimate of drug-likeness (QED) is 0.482. The number of hydroxylamine groups is 1. The minimum Gasteiger partial charge on any atom is -0.494 e. The van der Waals surface area contributed by atoms with Crippen LogP contribution in [0.15, 0.2) is 60.9 Å². The molecule has 2 aromatic carbocycles. The number of ether oxygens (including phenoxy) is 1. The van der Waals surface area contributed by atoms with Crippen LogP contribution in [0.25, 0.3) is 0 Å². The minimum atomic E-state index is 0.127. The van der Waals surface area contributed by atoms with Gasteiger partial charge in [-0.2, -0.15) is 0 Å². The average molecular weight is 530 g/mol. The lowest BCUT2D eigenvalue weighted by molar-refractivity contribution is 0.115. The normalized spacial score (nSPS) is 21.3. The Bertz CT molecular complexity index is 1230. The molecular weight excluding hydrogens is 490 g/mol. The summed E-state index contributed by atoms with van der Waals surface area (Å²) in [5.74, 6) is 2.22. The van der Waals surface area contributed by atoms with Crippen molar-refractivity contribution < 1.29 is 9.57 Å². The Hall–Kier alpha value is -3.40. The van der Waals surface area contributed by atoms with Crippen molar-refractivity contribution in [2.75, 3.05) is 75.3 Å². The molecule has 1 aromatic heterocycles. The summed E-state index contributed by atoms with van der Waals surface area (Å²) in [6.07, 6.45) is 5.06. The van der Waals surface area contributed by atoms with Crippen LogP contribution in [-0.2, 0) is 4.84 Å². The van der Waals surface area contributed by atoms with Gasteiger partial charge in [-0.25, -0.2) is 15.0 Å². The predicted molar refractivity (Wildman–Crippen MR) is 155 cm³/mol. The Balaban J connectivity index is 1.12. The summed E-state index contributed by atoms with van der Waals surface area (Å²) in [4.78, 5) is 22.5. The lowest BCUT2D eigenvalue weighted by Crippen LogP contribution is -2.53. The molecule has 3 aliphatic heterocycles. The third kappa shape index (κ3) is 5.80. The first-order chi connectivity index (χ1) is 19.2. The molecule has 39 heavy (non-hydrogen) atoms. The van der Waals surface area contributed by atoms with Crippen LogP contribution in [0.4, 0.5) is 23.0 Å². The number of piperidine rings is 1. The van der Waals surface area contributed by atoms with Gasteiger partial charge in [0.1, 0.15) is 17.9 Å². The number of benzene rings is 2. The van der Waals surface area contributed by atoms with Gasteiger partial charge in [-0.05, 0) is 50.7 Å². The molecule has 9 heteroatoms. The third-order valence-corrected chi connectivity index (χ3v) is 8.30. The summed E-state index contributed by atoms with van der Waals surface area (Å²) in [5.41, 5.74) is 3.28. The molecule has 0 amide bonds. The maximum atomic E-state index is 5.97. The van der Waals surface area contributed by atoms with Crippen molar-refractivity contribution >= 4 is 23.0 Å². The zero-order valence-corrected chi connectivity index (χ0v) is 23.0. The number of hydrogen-bond acceptors (Lipinski definition) is 9. The Morgan fingerprint density at radius 2 is 1.69 bits per heavy atom. The Morgan fingerprint density at radius 1 is 0.897 bits per heavy atom. The molecule has 6 rings (SSSR count). The molecule has 3 saturated heterocycles. The second kappa shape index (κ2) is 11.8. The molecule has 3 fully saturated rings. The topological polar surface area (TPSA) is 69.2 Å². The van der Waals surface area contributed by atoms with Gasteiger partial charge < -0.3 is 19.9 Å². The van der Waals surface area contributed by atoms with E-state index < -0.39 is 0 Å². The summed E-state index contributed by atoms with van der Waals surface area (Å²) < 4.78 is 5.80. The number of aromatic nitrogens is 2. The van der Waals surface area contributed by atoms with Gasteiger partial charge >= 0.3 is 0 Å². The van der Waals surface area contributed by atoms with Crippen molar-refractivity contribution in [2.24, 2.45) is 0 Å². The van der Waals surface area contributed by atoms with Gasteiger partial charge in [-0.1, -0.05) is 30.3 Å². The molecule has 1 N–H and O–H groups in total. The van der Waals surface area contributed by atoms with Crippen LogP contribution in [0.1, 0.15) is 30.9 Å². The fourth-order valence-electron chi connectivity index (χ4n) is 6.03. The summed E-state index contributed by atoms with van der Waals surface area (Å²) >= 11 is 0. The fraction of sp³-hybridized carbons (Fsp3) is 0.467. The number of rotatable bonds is 7. The van der Waals surface area contributed by atoms with E-state index in [4.69, 9.17) is 9.57 Å². The summed E-state index contributed by atoms with van der Waals surface area (Å²) in [6, 6.07) is 19.6. The van der Waals surface area contributed by atoms with Gasteiger partial charge in [-0.15, -0.1) is 0 Å². The lowest BCUT2D eigenvalue weighted by atomic mass is 10.0. The molecule has 9 nitrogen and oxygen atoms in total. The van der Waals surface area contributed by atoms with E-state index in [1.165, 1.54) is 37.2 Å². The Labute approximate surface area is 231 Å². The lowest BCUT2D eigenvalue weighted by Gasteiger charge is -2.43. The van der Waals surface area contributed by atoms with E-state index >= 15 is 0 Å². The molecule has 0 spiro atoms. The van der Waals surface area contributed by atoms with Crippen LogP contribution in [-0.4, -0.2) is 85.8 Å². The largest absolute Gasteiger partial charge is 0.494 e. The first-order valence-electron chi connectivity index (χ1n) is 14.1. The number of nitrogens with one attached hydrogen (secondary N) is 1. The van der Waals surface area contributed by atoms with E-state index in [1.807, 2.05) is 17.2 Å². The van der Waals surface area contributed by atoms with Gasteiger partial charge in [0, 0.05) is 56.5 Å². The molecule has 0 aliphatic carbocycles. The van der Waals surface area contributed by atoms with Crippen LogP contribution in [0.2, 0.25) is 0 Å². The van der Waals surface area contributed by atoms with Crippen LogP contribution in [0.3, 0.4) is 0 Å². The summed E-state index contributed by atoms with van der Waals surface area (Å²) in [5, 5.41) is 5.33. The predicted octanol–water partition coefficient (Wildman–Crippen LogP) is 4.33. The molecule has 0 bridgehead atoms. The van der Waals surface area contributed by atoms with E-state index in [0.29, 0.717) is 12.4 Å². The average Bonchev–Trinajstić information content (AvgIpc) is 3.49. The number of nitrogens with zero attached hydrogens (tertiary/aromatic N) is 6. The Morgan fingerprint density at radius 3 is 2.46 bits per heavy atom. The Kier molecular flexibility index (Phi) is 7.81. The standard InChI is InChI=1S/C30H39N7O2/c1-34-13-10-24(11-14-34)35-15-17-36(18-16-35)25-8-9-26(28(20-25)38-2)33-29-21-30(32-22-31-29)37-27(12-19-39-37)23-6-4-3-5-7-23/h3-9,20-22,24,27H,10-19H2,1-2H3,(H,31,32,33). The highest BCUT2D eigenvalue weighted by Crippen LogP contribution is 2.36. The molecule has 1 atom stereocenters. The second-order valence-corrected chi connectivity index (χ2v) is 10.7. The van der Waals surface area contributed by atoms with Crippen molar-refractivity contribution in [3.8, 4) is 5.75 Å². The van der Waals surface area contributed by atoms with E-state index in [9.17, 15) is 0 Å². The first kappa shape index (κ1) is 25.9. The van der Waals surface area contributed by atoms with Crippen LogP contribution in [0.5, 0.6) is 5.75 Å². The summed E-state index contributed by atoms with van der Waals surface area (Å²) in [6.45, 7) is 7.39. The highest BCUT2D eigenvalue weighted by Gasteiger charge is 2.29. The van der Waals surface area contributed by atoms with E-state index in [-0.39, 0.29) is 6.04 Å². The van der Waals surface area contributed by atoms with Crippen LogP contribution >= 0.6 is 0 Å². The fourth-order valence-corrected chi connectivity index (χ4v) is 6.03. The van der Waals surface area contributed by atoms with Crippen LogP contribution in [0, 0.1) is 0 Å². The number of anilines is 4. The minimum absolute atomic E-state index is 0.127. The van der Waals surface area contributed by atoms with E-state index in [0.717, 1.165) is 55.9 Å². The highest BCUT2D eigenvalue weighted by atomic mass is 16.7. The molecule has 0 radical (unpaired) electrons. The zero-order chi connectivity index (χ0) is 26.6. The maximum Gasteiger partial charge on any atom is 0.158 e. The SMILES string of the molecule is COc1cc(N2CCN(C3CCN(C)CC3)CC2)ccc1Nc1cc(N2OCCC2c2ccccc2)ncn1. The summed E-state index contributed by atoms with van der Waals surface area (Å²) in [7, 11) is 3.95. The molecule has 206 valence electrons. The second-order valence-electron chi connectivity index (χ2n) is 10.7. The van der Waals surface area contributed by atoms with Crippen molar-refractivity contribution in [3.05, 3.63) is 66.5 Å². The monoisotopic (exact) mass is 529 g/mol. The number of hydrogen-bond donors (Lipinski definition) is 1. The van der Waals surface area contributed by atoms with Gasteiger partial charge in [0.2, 0.25) is 0 Å². The van der Waals surface area contributed by atoms with Gasteiger partial charge in [0.05, 0.1) is 25.4 Å². The molecule has 3 aliphatic rings. The van der Waals surface area contributed by atoms with Crippen molar-refractivity contribution in [1.29, 1.82) is 0 Å². The number of methoxy groups -OCH3 is 1. The third-order valence-electron chi connectivity index (χ3n) is 8.30.